The number of carbonyl (C=O) groups excluding carboxylic acids is 2. The van der Waals surface area contributed by atoms with E-state index in [0.29, 0.717) is 22.2 Å². The smallest absolute Gasteiger partial charge is 0.322 e. The van der Waals surface area contributed by atoms with Crippen molar-refractivity contribution in [2.24, 2.45) is 0 Å². The number of likely N-dealkylation sites (tertiary alicyclic amines) is 1. The molecule has 3 amide bonds. The second-order valence-electron chi connectivity index (χ2n) is 7.73. The van der Waals surface area contributed by atoms with E-state index in [4.69, 9.17) is 17.0 Å². The van der Waals surface area contributed by atoms with Crippen molar-refractivity contribution in [1.29, 1.82) is 5.41 Å². The molecule has 8 nitrogen and oxygen atoms in total. The Labute approximate surface area is 185 Å². The van der Waals surface area contributed by atoms with Crippen molar-refractivity contribution in [1.82, 2.24) is 4.90 Å². The van der Waals surface area contributed by atoms with Crippen LogP contribution in [0.15, 0.2) is 48.5 Å². The highest BCUT2D eigenvalue weighted by atomic mass is 35.5. The molecule has 2 aliphatic rings. The van der Waals surface area contributed by atoms with Crippen LogP contribution in [-0.2, 0) is 4.79 Å². The Kier molecular flexibility index (Phi) is 6.11. The van der Waals surface area contributed by atoms with Gasteiger partial charge < -0.3 is 25.5 Å². The standard InChI is InChI=1S/C22H24ClN5O3/c23-14-3-5-16(6-4-14)26-22(31)28-13-18(29)12-19(28)21(30)25-15-7-9-17(10-8-15)27-11-1-2-20(27)24/h3-10,18-19,24,29H,1-2,11-13H2,(H,25,30)(H,26,31)/t18-,19-/m1/s1. The molecule has 2 aromatic carbocycles. The average molecular weight is 442 g/mol. The van der Waals surface area contributed by atoms with Gasteiger partial charge in [0.05, 0.1) is 6.10 Å². The SMILES string of the molecule is N=C1CCCN1c1ccc(NC(=O)[C@H]2C[C@@H](O)CN2C(=O)Nc2ccc(Cl)cc2)cc1. The molecule has 4 N–H and O–H groups in total. The summed E-state index contributed by atoms with van der Waals surface area (Å²) < 4.78 is 0. The van der Waals surface area contributed by atoms with E-state index in [-0.39, 0.29) is 18.9 Å². The normalized spacial score (nSPS) is 20.8. The van der Waals surface area contributed by atoms with E-state index in [0.717, 1.165) is 25.1 Å². The van der Waals surface area contributed by atoms with Crippen LogP contribution in [0.2, 0.25) is 5.02 Å². The number of rotatable bonds is 4. The van der Waals surface area contributed by atoms with Crippen molar-refractivity contribution in [2.75, 3.05) is 28.6 Å². The van der Waals surface area contributed by atoms with Gasteiger partial charge in [0.15, 0.2) is 0 Å². The summed E-state index contributed by atoms with van der Waals surface area (Å²) in [5.41, 5.74) is 2.07. The lowest BCUT2D eigenvalue weighted by Gasteiger charge is -2.24. The first-order chi connectivity index (χ1) is 14.9. The second kappa shape index (κ2) is 8.95. The first-order valence-electron chi connectivity index (χ1n) is 10.2. The van der Waals surface area contributed by atoms with Crippen molar-refractivity contribution in [2.45, 2.75) is 31.4 Å². The van der Waals surface area contributed by atoms with Crippen molar-refractivity contribution < 1.29 is 14.7 Å². The highest BCUT2D eigenvalue weighted by molar-refractivity contribution is 6.30. The summed E-state index contributed by atoms with van der Waals surface area (Å²) in [4.78, 5) is 28.8. The quantitative estimate of drug-likeness (QED) is 0.582. The fourth-order valence-electron chi connectivity index (χ4n) is 3.93. The number of urea groups is 1. The van der Waals surface area contributed by atoms with Gasteiger partial charge >= 0.3 is 6.03 Å². The van der Waals surface area contributed by atoms with Crippen molar-refractivity contribution in [3.05, 3.63) is 53.6 Å². The van der Waals surface area contributed by atoms with Gasteiger partial charge in [-0.3, -0.25) is 10.2 Å². The molecular weight excluding hydrogens is 418 g/mol. The summed E-state index contributed by atoms with van der Waals surface area (Å²) in [5, 5.41) is 24.2. The Morgan fingerprint density at radius 2 is 1.68 bits per heavy atom. The fraction of sp³-hybridized carbons (Fsp3) is 0.318. The predicted molar refractivity (Wildman–Crippen MR) is 121 cm³/mol. The van der Waals surface area contributed by atoms with Crippen molar-refractivity contribution >= 4 is 46.4 Å². The summed E-state index contributed by atoms with van der Waals surface area (Å²) in [6.45, 7) is 0.899. The number of anilines is 3. The Morgan fingerprint density at radius 3 is 2.32 bits per heavy atom. The topological polar surface area (TPSA) is 109 Å². The third kappa shape index (κ3) is 4.81. The molecule has 2 aromatic rings. The van der Waals surface area contributed by atoms with Crippen LogP contribution >= 0.6 is 11.6 Å². The molecule has 2 saturated heterocycles. The van der Waals surface area contributed by atoms with Gasteiger partial charge in [-0.2, -0.15) is 0 Å². The third-order valence-electron chi connectivity index (χ3n) is 5.51. The lowest BCUT2D eigenvalue weighted by Crippen LogP contribution is -2.45. The third-order valence-corrected chi connectivity index (χ3v) is 5.76. The van der Waals surface area contributed by atoms with Gasteiger partial charge in [-0.25, -0.2) is 4.79 Å². The van der Waals surface area contributed by atoms with E-state index in [2.05, 4.69) is 10.6 Å². The van der Waals surface area contributed by atoms with Crippen LogP contribution in [0.1, 0.15) is 19.3 Å². The van der Waals surface area contributed by atoms with Crippen LogP contribution in [0.5, 0.6) is 0 Å². The number of hydrogen-bond acceptors (Lipinski definition) is 4. The molecule has 2 atom stereocenters. The minimum atomic E-state index is -0.784. The summed E-state index contributed by atoms with van der Waals surface area (Å²) in [6, 6.07) is 12.7. The lowest BCUT2D eigenvalue weighted by atomic mass is 10.1. The van der Waals surface area contributed by atoms with E-state index >= 15 is 0 Å². The van der Waals surface area contributed by atoms with Gasteiger partial charge in [-0.1, -0.05) is 11.6 Å². The van der Waals surface area contributed by atoms with Crippen LogP contribution in [-0.4, -0.2) is 53.0 Å². The number of hydrogen-bond donors (Lipinski definition) is 4. The number of amides is 3. The number of amidine groups is 1. The zero-order valence-corrected chi connectivity index (χ0v) is 17.6. The number of aliphatic hydroxyl groups is 1. The average Bonchev–Trinajstić information content (AvgIpc) is 3.36. The zero-order valence-electron chi connectivity index (χ0n) is 16.8. The molecule has 0 saturated carbocycles. The Bertz CT molecular complexity index is 980. The molecule has 0 aliphatic carbocycles. The molecule has 2 aliphatic heterocycles. The molecule has 2 heterocycles. The number of carbonyl (C=O) groups is 2. The predicted octanol–water partition coefficient (Wildman–Crippen LogP) is 3.52. The van der Waals surface area contributed by atoms with Gasteiger partial charge in [0, 0.05) is 48.0 Å². The maximum absolute atomic E-state index is 12.9. The van der Waals surface area contributed by atoms with Crippen LogP contribution < -0.4 is 15.5 Å². The minimum absolute atomic E-state index is 0.0769. The van der Waals surface area contributed by atoms with Gasteiger partial charge in [0.2, 0.25) is 5.91 Å². The van der Waals surface area contributed by atoms with Gasteiger partial charge in [-0.15, -0.1) is 0 Å². The van der Waals surface area contributed by atoms with Gasteiger partial charge in [0.25, 0.3) is 0 Å². The minimum Gasteiger partial charge on any atom is -0.391 e. The van der Waals surface area contributed by atoms with Crippen LogP contribution in [0, 0.1) is 5.41 Å². The van der Waals surface area contributed by atoms with E-state index in [1.165, 1.54) is 4.90 Å². The van der Waals surface area contributed by atoms with Gasteiger partial charge in [0.1, 0.15) is 11.9 Å². The van der Waals surface area contributed by atoms with Crippen molar-refractivity contribution in [3.8, 4) is 0 Å². The molecule has 0 radical (unpaired) electrons. The van der Waals surface area contributed by atoms with Crippen LogP contribution in [0.25, 0.3) is 0 Å². The van der Waals surface area contributed by atoms with E-state index in [1.54, 1.807) is 36.4 Å². The zero-order chi connectivity index (χ0) is 22.0. The summed E-state index contributed by atoms with van der Waals surface area (Å²) >= 11 is 5.87. The molecule has 31 heavy (non-hydrogen) atoms. The van der Waals surface area contributed by atoms with E-state index in [9.17, 15) is 14.7 Å². The molecule has 0 unspecified atom stereocenters. The summed E-state index contributed by atoms with van der Waals surface area (Å²) in [6.07, 6.45) is 1.14. The van der Waals surface area contributed by atoms with E-state index < -0.39 is 18.2 Å². The Balaban J connectivity index is 1.40. The number of halogens is 1. The maximum Gasteiger partial charge on any atom is 0.322 e. The fourth-order valence-corrected chi connectivity index (χ4v) is 4.05. The summed E-state index contributed by atoms with van der Waals surface area (Å²) in [5.74, 6) is 0.239. The van der Waals surface area contributed by atoms with Crippen LogP contribution in [0.3, 0.4) is 0 Å². The highest BCUT2D eigenvalue weighted by Gasteiger charge is 2.39. The largest absolute Gasteiger partial charge is 0.391 e. The number of benzene rings is 2. The molecule has 0 aromatic heterocycles. The first-order valence-corrected chi connectivity index (χ1v) is 10.6. The second-order valence-corrected chi connectivity index (χ2v) is 8.17. The molecule has 4 rings (SSSR count). The van der Waals surface area contributed by atoms with Crippen molar-refractivity contribution in [3.63, 3.8) is 0 Å². The Hall–Kier alpha value is -3.10. The molecule has 0 spiro atoms. The lowest BCUT2D eigenvalue weighted by molar-refractivity contribution is -0.119. The number of β-amino-alcohol motifs (C(OH)–C–C–N with tert-alkyl or cyclic N) is 1. The van der Waals surface area contributed by atoms with Gasteiger partial charge in [-0.05, 0) is 55.0 Å². The number of nitrogens with zero attached hydrogens (tertiary/aromatic N) is 2. The number of nitrogens with one attached hydrogen (secondary N) is 3. The monoisotopic (exact) mass is 441 g/mol. The summed E-state index contributed by atoms with van der Waals surface area (Å²) in [7, 11) is 0. The first kappa shape index (κ1) is 21.1. The molecule has 0 bridgehead atoms. The van der Waals surface area contributed by atoms with E-state index in [1.807, 2.05) is 17.0 Å². The van der Waals surface area contributed by atoms with Crippen LogP contribution in [0.4, 0.5) is 21.9 Å². The molecule has 2 fully saturated rings. The molecule has 9 heteroatoms. The maximum atomic E-state index is 12.9. The molecular formula is C22H24ClN5O3. The molecule has 162 valence electrons. The Morgan fingerprint density at radius 1 is 1.03 bits per heavy atom. The highest BCUT2D eigenvalue weighted by Crippen LogP contribution is 2.25. The number of aliphatic hydroxyl groups excluding tert-OH is 1.